The first kappa shape index (κ1) is 22.1. The number of carbonyl (C=O) groups is 1. The predicted molar refractivity (Wildman–Crippen MR) is 121 cm³/mol. The lowest BCUT2D eigenvalue weighted by Gasteiger charge is -2.16. The third kappa shape index (κ3) is 5.12. The van der Waals surface area contributed by atoms with Crippen molar-refractivity contribution in [2.75, 3.05) is 5.32 Å². The molecule has 0 bridgehead atoms. The molecule has 1 N–H and O–H groups in total. The Hall–Kier alpha value is -2.58. The van der Waals surface area contributed by atoms with Crippen LogP contribution in [0.25, 0.3) is 11.4 Å². The van der Waals surface area contributed by atoms with Gasteiger partial charge in [-0.2, -0.15) is 0 Å². The molecule has 30 heavy (non-hydrogen) atoms. The number of sulfone groups is 1. The Morgan fingerprint density at radius 1 is 1.03 bits per heavy atom. The number of thiazole rings is 1. The van der Waals surface area contributed by atoms with E-state index in [0.29, 0.717) is 29.2 Å². The largest absolute Gasteiger partial charge is 0.298 e. The number of amides is 1. The van der Waals surface area contributed by atoms with E-state index in [9.17, 15) is 13.2 Å². The third-order valence-electron chi connectivity index (χ3n) is 4.76. The van der Waals surface area contributed by atoms with Crippen LogP contribution in [0.15, 0.2) is 58.9 Å². The van der Waals surface area contributed by atoms with E-state index >= 15 is 0 Å². The highest BCUT2D eigenvalue weighted by Crippen LogP contribution is 2.25. The number of pyridine rings is 1. The molecule has 6 nitrogen and oxygen atoms in total. The molecule has 1 aromatic carbocycles. The summed E-state index contributed by atoms with van der Waals surface area (Å²) in [5.74, 6) is -0.334. The molecule has 0 aliphatic rings. The van der Waals surface area contributed by atoms with Crippen molar-refractivity contribution in [2.24, 2.45) is 0 Å². The van der Waals surface area contributed by atoms with Crippen molar-refractivity contribution < 1.29 is 13.2 Å². The van der Waals surface area contributed by atoms with Crippen LogP contribution in [-0.2, 0) is 9.84 Å². The second-order valence-electron chi connectivity index (χ2n) is 6.98. The lowest BCUT2D eigenvalue weighted by Crippen LogP contribution is -2.21. The molecule has 0 saturated carbocycles. The first-order valence-corrected chi connectivity index (χ1v) is 12.4. The fourth-order valence-electron chi connectivity index (χ4n) is 3.22. The maximum Gasteiger partial charge on any atom is 0.257 e. The van der Waals surface area contributed by atoms with Gasteiger partial charge < -0.3 is 0 Å². The minimum absolute atomic E-state index is 0.262. The van der Waals surface area contributed by atoms with Gasteiger partial charge >= 0.3 is 0 Å². The fourth-order valence-corrected chi connectivity index (χ4v) is 5.91. The number of carbonyl (C=O) groups excluding carboxylic acids is 1. The number of aromatic nitrogens is 2. The molecule has 1 amide bonds. The molecule has 8 heteroatoms. The molecule has 2 heterocycles. The van der Waals surface area contributed by atoms with Gasteiger partial charge in [0.25, 0.3) is 5.91 Å². The maximum atomic E-state index is 12.9. The van der Waals surface area contributed by atoms with Crippen molar-refractivity contribution in [1.29, 1.82) is 0 Å². The zero-order chi connectivity index (χ0) is 21.6. The Morgan fingerprint density at radius 2 is 1.73 bits per heavy atom. The molecular weight excluding hydrogens is 418 g/mol. The van der Waals surface area contributed by atoms with Gasteiger partial charge in [0.15, 0.2) is 15.0 Å². The summed E-state index contributed by atoms with van der Waals surface area (Å²) in [6.45, 7) is 3.98. The molecule has 0 aliphatic carbocycles. The Morgan fingerprint density at radius 3 is 2.33 bits per heavy atom. The smallest absolute Gasteiger partial charge is 0.257 e. The number of hydrogen-bond acceptors (Lipinski definition) is 6. The normalized spacial score (nSPS) is 11.6. The van der Waals surface area contributed by atoms with Crippen LogP contribution in [0.4, 0.5) is 5.13 Å². The topological polar surface area (TPSA) is 89.0 Å². The van der Waals surface area contributed by atoms with Crippen molar-refractivity contribution >= 4 is 32.2 Å². The zero-order valence-electron chi connectivity index (χ0n) is 17.0. The van der Waals surface area contributed by atoms with Crippen LogP contribution in [-0.4, -0.2) is 29.5 Å². The summed E-state index contributed by atoms with van der Waals surface area (Å²) < 4.78 is 25.8. The Bertz CT molecular complexity index is 1070. The van der Waals surface area contributed by atoms with Crippen LogP contribution in [0.2, 0.25) is 0 Å². The highest BCUT2D eigenvalue weighted by molar-refractivity contribution is 7.92. The van der Waals surface area contributed by atoms with Gasteiger partial charge in [-0.15, -0.1) is 11.3 Å². The molecule has 2 aromatic heterocycles. The van der Waals surface area contributed by atoms with Crippen molar-refractivity contribution in [3.63, 3.8) is 0 Å². The zero-order valence-corrected chi connectivity index (χ0v) is 18.7. The van der Waals surface area contributed by atoms with E-state index in [2.05, 4.69) is 15.3 Å². The van der Waals surface area contributed by atoms with Crippen molar-refractivity contribution in [3.05, 3.63) is 59.6 Å². The van der Waals surface area contributed by atoms with E-state index in [0.717, 1.165) is 18.5 Å². The number of hydrogen-bond donors (Lipinski definition) is 1. The minimum Gasteiger partial charge on any atom is -0.298 e. The summed E-state index contributed by atoms with van der Waals surface area (Å²) in [4.78, 5) is 21.5. The van der Waals surface area contributed by atoms with Crippen LogP contribution in [0.5, 0.6) is 0 Å². The third-order valence-corrected chi connectivity index (χ3v) is 7.79. The minimum atomic E-state index is -3.40. The Labute approximate surface area is 181 Å². The predicted octanol–water partition coefficient (Wildman–Crippen LogP) is 5.20. The molecule has 0 spiro atoms. The highest BCUT2D eigenvalue weighted by Gasteiger charge is 2.26. The van der Waals surface area contributed by atoms with Crippen LogP contribution in [0.1, 0.15) is 49.9 Å². The van der Waals surface area contributed by atoms with Crippen LogP contribution in [0, 0.1) is 0 Å². The molecule has 0 aliphatic heterocycles. The Kier molecular flexibility index (Phi) is 7.33. The van der Waals surface area contributed by atoms with Crippen molar-refractivity contribution in [1.82, 2.24) is 9.97 Å². The van der Waals surface area contributed by atoms with Crippen LogP contribution < -0.4 is 5.32 Å². The van der Waals surface area contributed by atoms with E-state index < -0.39 is 9.84 Å². The van der Waals surface area contributed by atoms with Gasteiger partial charge in [0.2, 0.25) is 0 Å². The SMILES string of the molecule is CCCC(CCC)S(=O)(=O)c1ccc(C(=O)Nc2nc(-c3ccccn3)cs2)cc1. The molecule has 0 fully saturated rings. The van der Waals surface area contributed by atoms with Gasteiger partial charge in [-0.05, 0) is 49.2 Å². The van der Waals surface area contributed by atoms with Gasteiger partial charge in [0.1, 0.15) is 5.69 Å². The van der Waals surface area contributed by atoms with E-state index in [1.807, 2.05) is 37.4 Å². The standard InChI is InChI=1S/C22H25N3O3S2/c1-3-7-17(8-4-2)30(27,28)18-12-10-16(11-13-18)21(26)25-22-24-20(15-29-22)19-9-5-6-14-23-19/h5-6,9-15,17H,3-4,7-8H2,1-2H3,(H,24,25,26). The lowest BCUT2D eigenvalue weighted by molar-refractivity contribution is 0.102. The Balaban J connectivity index is 1.72. The summed E-state index contributed by atoms with van der Waals surface area (Å²) in [6, 6.07) is 11.7. The highest BCUT2D eigenvalue weighted by atomic mass is 32.2. The first-order chi connectivity index (χ1) is 14.5. The molecule has 3 rings (SSSR count). The second kappa shape index (κ2) is 9.95. The van der Waals surface area contributed by atoms with E-state index in [1.165, 1.54) is 23.5 Å². The van der Waals surface area contributed by atoms with Gasteiger partial charge in [-0.25, -0.2) is 13.4 Å². The second-order valence-corrected chi connectivity index (χ2v) is 10.1. The first-order valence-electron chi connectivity index (χ1n) is 9.98. The maximum absolute atomic E-state index is 12.9. The average molecular weight is 444 g/mol. The number of benzene rings is 1. The summed E-state index contributed by atoms with van der Waals surface area (Å²) in [7, 11) is -3.40. The number of nitrogens with one attached hydrogen (secondary N) is 1. The monoisotopic (exact) mass is 443 g/mol. The fraction of sp³-hybridized carbons (Fsp3) is 0.318. The molecule has 0 unspecified atom stereocenters. The summed E-state index contributed by atoms with van der Waals surface area (Å²) in [5, 5.41) is 4.67. The molecule has 158 valence electrons. The van der Waals surface area contributed by atoms with Gasteiger partial charge in [-0.1, -0.05) is 32.8 Å². The molecule has 3 aromatic rings. The quantitative estimate of drug-likeness (QED) is 0.491. The van der Waals surface area contributed by atoms with E-state index in [4.69, 9.17) is 0 Å². The van der Waals surface area contributed by atoms with Crippen molar-refractivity contribution in [3.8, 4) is 11.4 Å². The number of nitrogens with zero attached hydrogens (tertiary/aromatic N) is 2. The van der Waals surface area contributed by atoms with Gasteiger partial charge in [-0.3, -0.25) is 15.1 Å². The van der Waals surface area contributed by atoms with Gasteiger partial charge in [0, 0.05) is 17.1 Å². The molecular formula is C22H25N3O3S2. The van der Waals surface area contributed by atoms with E-state index in [-0.39, 0.29) is 16.1 Å². The average Bonchev–Trinajstić information content (AvgIpc) is 3.23. The summed E-state index contributed by atoms with van der Waals surface area (Å²) in [5.41, 5.74) is 1.80. The van der Waals surface area contributed by atoms with Gasteiger partial charge in [0.05, 0.1) is 15.8 Å². The van der Waals surface area contributed by atoms with E-state index in [1.54, 1.807) is 18.3 Å². The molecule has 0 atom stereocenters. The molecule has 0 radical (unpaired) electrons. The summed E-state index contributed by atoms with van der Waals surface area (Å²) >= 11 is 1.31. The van der Waals surface area contributed by atoms with Crippen molar-refractivity contribution in [2.45, 2.75) is 49.7 Å². The number of anilines is 1. The summed E-state index contributed by atoms with van der Waals surface area (Å²) in [6.07, 6.45) is 4.60. The number of rotatable bonds is 9. The molecule has 0 saturated heterocycles. The lowest BCUT2D eigenvalue weighted by atomic mass is 10.2. The van der Waals surface area contributed by atoms with Crippen LogP contribution >= 0.6 is 11.3 Å². The van der Waals surface area contributed by atoms with Crippen LogP contribution in [0.3, 0.4) is 0 Å².